The van der Waals surface area contributed by atoms with Crippen LogP contribution in [-0.2, 0) is 16.1 Å². The van der Waals surface area contributed by atoms with Crippen molar-refractivity contribution in [1.82, 2.24) is 25.5 Å². The SMILES string of the molecule is Cc1ccc(-c2nnn(CC(=O)N(c3ccccc3)[C@@H](C(=O)NC(C)(C)C)c3ccco3)n2)o1. The highest BCUT2D eigenvalue weighted by Gasteiger charge is 2.36. The summed E-state index contributed by atoms with van der Waals surface area (Å²) in [4.78, 5) is 29.6. The van der Waals surface area contributed by atoms with Gasteiger partial charge in [-0.15, -0.1) is 10.2 Å². The Kier molecular flexibility index (Phi) is 6.31. The molecule has 0 spiro atoms. The zero-order valence-electron chi connectivity index (χ0n) is 19.4. The minimum Gasteiger partial charge on any atom is -0.467 e. The molecule has 3 aromatic heterocycles. The molecule has 0 aliphatic heterocycles. The maximum Gasteiger partial charge on any atom is 0.251 e. The van der Waals surface area contributed by atoms with E-state index in [0.29, 0.717) is 23.0 Å². The highest BCUT2D eigenvalue weighted by atomic mass is 16.3. The molecule has 0 fully saturated rings. The van der Waals surface area contributed by atoms with Gasteiger partial charge in [0.05, 0.1) is 6.26 Å². The quantitative estimate of drug-likeness (QED) is 0.446. The highest BCUT2D eigenvalue weighted by molar-refractivity contribution is 6.01. The fraction of sp³-hybridized carbons (Fsp3) is 0.292. The Labute approximate surface area is 196 Å². The first-order valence-corrected chi connectivity index (χ1v) is 10.8. The van der Waals surface area contributed by atoms with Gasteiger partial charge in [-0.25, -0.2) is 0 Å². The number of carbonyl (C=O) groups is 2. The molecule has 0 saturated heterocycles. The van der Waals surface area contributed by atoms with Crippen molar-refractivity contribution < 1.29 is 18.4 Å². The van der Waals surface area contributed by atoms with Crippen LogP contribution in [0.2, 0.25) is 0 Å². The van der Waals surface area contributed by atoms with E-state index in [2.05, 4.69) is 20.7 Å². The van der Waals surface area contributed by atoms with E-state index in [4.69, 9.17) is 8.83 Å². The van der Waals surface area contributed by atoms with Crippen molar-refractivity contribution in [1.29, 1.82) is 0 Å². The van der Waals surface area contributed by atoms with E-state index in [0.717, 1.165) is 0 Å². The first-order chi connectivity index (χ1) is 16.2. The van der Waals surface area contributed by atoms with E-state index in [1.807, 2.05) is 33.8 Å². The smallest absolute Gasteiger partial charge is 0.251 e. The van der Waals surface area contributed by atoms with Gasteiger partial charge in [0.1, 0.15) is 18.1 Å². The highest BCUT2D eigenvalue weighted by Crippen LogP contribution is 2.29. The van der Waals surface area contributed by atoms with Gasteiger partial charge in [0.2, 0.25) is 5.82 Å². The minimum atomic E-state index is -1.04. The van der Waals surface area contributed by atoms with Crippen LogP contribution in [0.3, 0.4) is 0 Å². The normalized spacial score (nSPS) is 12.4. The number of aryl methyl sites for hydroxylation is 1. The van der Waals surface area contributed by atoms with E-state index in [1.165, 1.54) is 16.0 Å². The number of nitrogens with one attached hydrogen (secondary N) is 1. The van der Waals surface area contributed by atoms with Crippen LogP contribution in [-0.4, -0.2) is 37.6 Å². The average Bonchev–Trinajstić information content (AvgIpc) is 3.53. The topological polar surface area (TPSA) is 119 Å². The number of nitrogens with zero attached hydrogens (tertiary/aromatic N) is 5. The number of para-hydroxylation sites is 1. The van der Waals surface area contributed by atoms with E-state index in [-0.39, 0.29) is 18.3 Å². The van der Waals surface area contributed by atoms with Gasteiger partial charge >= 0.3 is 0 Å². The Bertz CT molecular complexity index is 1250. The molecule has 1 aromatic carbocycles. The third-order valence-corrected chi connectivity index (χ3v) is 4.81. The maximum absolute atomic E-state index is 13.6. The summed E-state index contributed by atoms with van der Waals surface area (Å²) in [5, 5.41) is 15.2. The standard InChI is InChI=1S/C24H26N6O4/c1-16-12-13-19(34-16)22-26-28-29(27-22)15-20(31)30(17-9-6-5-7-10-17)21(18-11-8-14-33-18)23(32)25-24(2,3)4/h5-14,21H,15H2,1-4H3,(H,25,32)/t21-/m1/s1. The summed E-state index contributed by atoms with van der Waals surface area (Å²) in [6, 6.07) is 14.8. The van der Waals surface area contributed by atoms with Crippen molar-refractivity contribution in [2.24, 2.45) is 0 Å². The molecule has 176 valence electrons. The summed E-state index contributed by atoms with van der Waals surface area (Å²) in [5.41, 5.74) is 0.0107. The average molecular weight is 463 g/mol. The molecule has 0 unspecified atom stereocenters. The van der Waals surface area contributed by atoms with Crippen molar-refractivity contribution in [3.8, 4) is 11.6 Å². The van der Waals surface area contributed by atoms with Crippen molar-refractivity contribution in [3.05, 3.63) is 72.4 Å². The summed E-state index contributed by atoms with van der Waals surface area (Å²) in [6.07, 6.45) is 1.47. The lowest BCUT2D eigenvalue weighted by atomic mass is 10.1. The van der Waals surface area contributed by atoms with Gasteiger partial charge in [-0.3, -0.25) is 14.5 Å². The molecule has 3 heterocycles. The van der Waals surface area contributed by atoms with E-state index in [1.54, 1.807) is 48.5 Å². The monoisotopic (exact) mass is 462 g/mol. The van der Waals surface area contributed by atoms with Crippen LogP contribution < -0.4 is 10.2 Å². The predicted octanol–water partition coefficient (Wildman–Crippen LogP) is 3.52. The van der Waals surface area contributed by atoms with Crippen molar-refractivity contribution in [2.75, 3.05) is 4.90 Å². The molecular weight excluding hydrogens is 436 g/mol. The lowest BCUT2D eigenvalue weighted by Gasteiger charge is -2.32. The molecular formula is C24H26N6O4. The molecule has 10 nitrogen and oxygen atoms in total. The molecule has 4 rings (SSSR count). The van der Waals surface area contributed by atoms with Crippen molar-refractivity contribution in [3.63, 3.8) is 0 Å². The summed E-state index contributed by atoms with van der Waals surface area (Å²) < 4.78 is 11.1. The van der Waals surface area contributed by atoms with Gasteiger partial charge < -0.3 is 14.2 Å². The predicted molar refractivity (Wildman–Crippen MR) is 124 cm³/mol. The zero-order valence-corrected chi connectivity index (χ0v) is 19.4. The van der Waals surface area contributed by atoms with Crippen molar-refractivity contribution >= 4 is 17.5 Å². The number of benzene rings is 1. The molecule has 0 aliphatic rings. The number of tetrazole rings is 1. The van der Waals surface area contributed by atoms with Gasteiger partial charge in [-0.2, -0.15) is 4.80 Å². The number of rotatable bonds is 7. The molecule has 1 N–H and O–H groups in total. The Morgan fingerprint density at radius 1 is 1.09 bits per heavy atom. The number of aromatic nitrogens is 4. The lowest BCUT2D eigenvalue weighted by Crippen LogP contribution is -2.50. The molecule has 0 radical (unpaired) electrons. The van der Waals surface area contributed by atoms with Crippen LogP contribution in [0.25, 0.3) is 11.6 Å². The summed E-state index contributed by atoms with van der Waals surface area (Å²) >= 11 is 0. The fourth-order valence-electron chi connectivity index (χ4n) is 3.44. The Morgan fingerprint density at radius 3 is 2.47 bits per heavy atom. The van der Waals surface area contributed by atoms with Gasteiger partial charge in [-0.05, 0) is 69.3 Å². The summed E-state index contributed by atoms with van der Waals surface area (Å²) in [7, 11) is 0. The number of hydrogen-bond donors (Lipinski definition) is 1. The van der Waals surface area contributed by atoms with Gasteiger partial charge in [-0.1, -0.05) is 18.2 Å². The fourth-order valence-corrected chi connectivity index (χ4v) is 3.44. The van der Waals surface area contributed by atoms with E-state index in [9.17, 15) is 9.59 Å². The van der Waals surface area contributed by atoms with Crippen LogP contribution in [0.5, 0.6) is 0 Å². The first-order valence-electron chi connectivity index (χ1n) is 10.8. The first kappa shape index (κ1) is 23.0. The Hall–Kier alpha value is -4.21. The molecule has 4 aromatic rings. The van der Waals surface area contributed by atoms with Gasteiger partial charge in [0.25, 0.3) is 11.8 Å². The number of amides is 2. The second-order valence-electron chi connectivity index (χ2n) is 8.81. The van der Waals surface area contributed by atoms with E-state index >= 15 is 0 Å². The van der Waals surface area contributed by atoms with E-state index < -0.39 is 17.5 Å². The van der Waals surface area contributed by atoms with Gasteiger partial charge in [0, 0.05) is 11.2 Å². The summed E-state index contributed by atoms with van der Waals surface area (Å²) in [6.45, 7) is 7.18. The molecule has 0 saturated carbocycles. The van der Waals surface area contributed by atoms with Gasteiger partial charge in [0.15, 0.2) is 11.8 Å². The van der Waals surface area contributed by atoms with Crippen LogP contribution in [0.4, 0.5) is 5.69 Å². The number of anilines is 1. The number of hydrogen-bond acceptors (Lipinski definition) is 7. The van der Waals surface area contributed by atoms with Crippen LogP contribution in [0.1, 0.15) is 38.3 Å². The second kappa shape index (κ2) is 9.34. The molecule has 1 atom stereocenters. The summed E-state index contributed by atoms with van der Waals surface area (Å²) in [5.74, 6) is 0.963. The Morgan fingerprint density at radius 2 is 1.85 bits per heavy atom. The molecule has 2 amide bonds. The number of carbonyl (C=O) groups excluding carboxylic acids is 2. The van der Waals surface area contributed by atoms with Crippen LogP contribution >= 0.6 is 0 Å². The number of furan rings is 2. The third kappa shape index (κ3) is 5.22. The minimum absolute atomic E-state index is 0.248. The molecule has 0 bridgehead atoms. The lowest BCUT2D eigenvalue weighted by molar-refractivity contribution is -0.128. The maximum atomic E-state index is 13.6. The van der Waals surface area contributed by atoms with Crippen LogP contribution in [0, 0.1) is 6.92 Å². The third-order valence-electron chi connectivity index (χ3n) is 4.81. The zero-order chi connectivity index (χ0) is 24.3. The molecule has 34 heavy (non-hydrogen) atoms. The van der Waals surface area contributed by atoms with Crippen molar-refractivity contribution in [2.45, 2.75) is 45.8 Å². The Balaban J connectivity index is 1.68. The molecule has 0 aliphatic carbocycles. The largest absolute Gasteiger partial charge is 0.467 e. The second-order valence-corrected chi connectivity index (χ2v) is 8.81. The van der Waals surface area contributed by atoms with Crippen LogP contribution in [0.15, 0.2) is 69.7 Å². The molecule has 10 heteroatoms.